The molecule has 3 aromatic carbocycles. The van der Waals surface area contributed by atoms with E-state index in [2.05, 4.69) is 20.7 Å². The third-order valence-corrected chi connectivity index (χ3v) is 5.42. The van der Waals surface area contributed by atoms with E-state index in [1.165, 1.54) is 6.21 Å². The van der Waals surface area contributed by atoms with Gasteiger partial charge in [-0.3, -0.25) is 9.89 Å². The van der Waals surface area contributed by atoms with Crippen LogP contribution < -0.4 is 14.9 Å². The summed E-state index contributed by atoms with van der Waals surface area (Å²) in [4.78, 5) is 13.2. The quantitative estimate of drug-likeness (QED) is 0.278. The number of methoxy groups -OCH3 is 2. The molecule has 0 saturated heterocycles. The Balaban J connectivity index is 1.59. The minimum Gasteiger partial charge on any atom is -0.493 e. The monoisotopic (exact) mass is 456 g/mol. The zero-order valence-electron chi connectivity index (χ0n) is 18.7. The molecule has 0 saturated carbocycles. The number of hydrogen-bond donors (Lipinski definition) is 3. The summed E-state index contributed by atoms with van der Waals surface area (Å²) in [6.45, 7) is 0. The molecule has 8 nitrogen and oxygen atoms in total. The third-order valence-electron chi connectivity index (χ3n) is 5.42. The summed E-state index contributed by atoms with van der Waals surface area (Å²) < 4.78 is 10.7. The van der Waals surface area contributed by atoms with Gasteiger partial charge in [-0.2, -0.15) is 10.2 Å². The molecule has 8 heteroatoms. The second-order valence-corrected chi connectivity index (χ2v) is 7.41. The van der Waals surface area contributed by atoms with Crippen LogP contribution in [0.25, 0.3) is 11.3 Å². The maximum atomic E-state index is 13.2. The fourth-order valence-electron chi connectivity index (χ4n) is 3.65. The van der Waals surface area contributed by atoms with Crippen LogP contribution in [-0.4, -0.2) is 41.6 Å². The summed E-state index contributed by atoms with van der Waals surface area (Å²) >= 11 is 0. The average Bonchev–Trinajstić information content (AvgIpc) is 3.37. The Morgan fingerprint density at radius 1 is 0.971 bits per heavy atom. The van der Waals surface area contributed by atoms with E-state index in [1.807, 2.05) is 24.3 Å². The summed E-state index contributed by atoms with van der Waals surface area (Å²) in [5, 5.41) is 22.6. The Bertz CT molecular complexity index is 1250. The summed E-state index contributed by atoms with van der Waals surface area (Å²) in [6.07, 6.45) is 3.05. The number of ether oxygens (including phenoxy) is 2. The highest BCUT2D eigenvalue weighted by Gasteiger charge is 2.39. The number of aliphatic hydroxyl groups is 1. The van der Waals surface area contributed by atoms with Crippen LogP contribution in [0.1, 0.15) is 16.7 Å². The zero-order valence-corrected chi connectivity index (χ0v) is 18.7. The van der Waals surface area contributed by atoms with E-state index in [4.69, 9.17) is 9.47 Å². The van der Waals surface area contributed by atoms with Crippen molar-refractivity contribution in [3.05, 3.63) is 102 Å². The fraction of sp³-hybridized carbons (Fsp3) is 0.115. The fourth-order valence-corrected chi connectivity index (χ4v) is 3.65. The Labute approximate surface area is 196 Å². The molecule has 172 valence electrons. The largest absolute Gasteiger partial charge is 0.493 e. The van der Waals surface area contributed by atoms with Gasteiger partial charge in [-0.1, -0.05) is 60.7 Å². The van der Waals surface area contributed by atoms with Crippen molar-refractivity contribution < 1.29 is 19.4 Å². The summed E-state index contributed by atoms with van der Waals surface area (Å²) in [6, 6.07) is 22.9. The van der Waals surface area contributed by atoms with Crippen LogP contribution in [0.2, 0.25) is 0 Å². The molecule has 0 aliphatic rings. The average molecular weight is 457 g/mol. The molecular weight excluding hydrogens is 432 g/mol. The maximum absolute atomic E-state index is 13.2. The smallest absolute Gasteiger partial charge is 0.281 e. The van der Waals surface area contributed by atoms with E-state index in [9.17, 15) is 9.90 Å². The van der Waals surface area contributed by atoms with Gasteiger partial charge >= 0.3 is 0 Å². The summed E-state index contributed by atoms with van der Waals surface area (Å²) in [7, 11) is 3.13. The van der Waals surface area contributed by atoms with Gasteiger partial charge in [0.25, 0.3) is 5.91 Å². The normalized spacial score (nSPS) is 11.4. The number of hydrazone groups is 1. The lowest BCUT2D eigenvalue weighted by molar-refractivity contribution is -0.136. The van der Waals surface area contributed by atoms with E-state index in [0.717, 1.165) is 5.56 Å². The highest BCUT2D eigenvalue weighted by molar-refractivity contribution is 5.93. The standard InChI is InChI=1S/C26H24N4O4/c1-33-22-14-13-18(15-23(22)34-2)24-19(16-27-29-24)17-28-30-25(31)26(32,20-9-5-3-6-10-20)21-11-7-4-8-12-21/h3-17,32H,1-2H3,(H,27,29)(H,30,31). The van der Waals surface area contributed by atoms with E-state index in [1.54, 1.807) is 75.0 Å². The van der Waals surface area contributed by atoms with Gasteiger partial charge in [0.2, 0.25) is 0 Å². The predicted molar refractivity (Wildman–Crippen MR) is 129 cm³/mol. The number of aromatic amines is 1. The molecule has 0 atom stereocenters. The first kappa shape index (κ1) is 22.8. The van der Waals surface area contributed by atoms with E-state index in [0.29, 0.717) is 33.9 Å². The van der Waals surface area contributed by atoms with Gasteiger partial charge in [0.05, 0.1) is 32.3 Å². The van der Waals surface area contributed by atoms with Crippen molar-refractivity contribution in [2.45, 2.75) is 5.60 Å². The highest BCUT2D eigenvalue weighted by atomic mass is 16.5. The lowest BCUT2D eigenvalue weighted by atomic mass is 9.85. The van der Waals surface area contributed by atoms with Crippen molar-refractivity contribution in [1.29, 1.82) is 0 Å². The molecule has 34 heavy (non-hydrogen) atoms. The molecule has 1 heterocycles. The minimum atomic E-state index is -1.91. The second kappa shape index (κ2) is 10.0. The molecule has 4 aromatic rings. The molecule has 0 unspecified atom stereocenters. The number of hydrogen-bond acceptors (Lipinski definition) is 6. The van der Waals surface area contributed by atoms with Gasteiger partial charge in [0, 0.05) is 11.1 Å². The molecule has 3 N–H and O–H groups in total. The number of benzene rings is 3. The van der Waals surface area contributed by atoms with Crippen molar-refractivity contribution in [1.82, 2.24) is 15.6 Å². The number of carbonyl (C=O) groups is 1. The van der Waals surface area contributed by atoms with Gasteiger partial charge in [0.15, 0.2) is 17.1 Å². The lowest BCUT2D eigenvalue weighted by Gasteiger charge is -2.27. The van der Waals surface area contributed by atoms with Crippen LogP contribution in [0.3, 0.4) is 0 Å². The molecule has 0 aliphatic carbocycles. The molecule has 1 aromatic heterocycles. The van der Waals surface area contributed by atoms with Gasteiger partial charge in [0.1, 0.15) is 0 Å². The van der Waals surface area contributed by atoms with Crippen molar-refractivity contribution in [3.63, 3.8) is 0 Å². The Hall–Kier alpha value is -4.43. The Kier molecular flexibility index (Phi) is 6.70. The van der Waals surface area contributed by atoms with Gasteiger partial charge in [-0.15, -0.1) is 0 Å². The van der Waals surface area contributed by atoms with Gasteiger partial charge in [-0.05, 0) is 29.3 Å². The summed E-state index contributed by atoms with van der Waals surface area (Å²) in [5.41, 5.74) is 3.54. The van der Waals surface area contributed by atoms with Crippen LogP contribution in [0.15, 0.2) is 90.2 Å². The van der Waals surface area contributed by atoms with Crippen molar-refractivity contribution >= 4 is 12.1 Å². The number of nitrogens with zero attached hydrogens (tertiary/aromatic N) is 2. The van der Waals surface area contributed by atoms with Crippen molar-refractivity contribution in [2.75, 3.05) is 14.2 Å². The third kappa shape index (κ3) is 4.39. The first-order valence-corrected chi connectivity index (χ1v) is 10.5. The molecule has 4 rings (SSSR count). The Morgan fingerprint density at radius 2 is 1.59 bits per heavy atom. The topological polar surface area (TPSA) is 109 Å². The van der Waals surface area contributed by atoms with Crippen molar-refractivity contribution in [3.8, 4) is 22.8 Å². The zero-order chi connectivity index (χ0) is 24.0. The maximum Gasteiger partial charge on any atom is 0.281 e. The van der Waals surface area contributed by atoms with Gasteiger partial charge in [-0.25, -0.2) is 5.43 Å². The molecule has 0 fully saturated rings. The number of H-pyrrole nitrogens is 1. The number of aromatic nitrogens is 2. The lowest BCUT2D eigenvalue weighted by Crippen LogP contribution is -2.43. The predicted octanol–water partition coefficient (Wildman–Crippen LogP) is 3.48. The van der Waals surface area contributed by atoms with Crippen molar-refractivity contribution in [2.24, 2.45) is 5.10 Å². The summed E-state index contributed by atoms with van der Waals surface area (Å²) in [5.74, 6) is 0.494. The van der Waals surface area contributed by atoms with Crippen LogP contribution in [0.4, 0.5) is 0 Å². The van der Waals surface area contributed by atoms with E-state index < -0.39 is 11.5 Å². The molecule has 0 aliphatic heterocycles. The van der Waals surface area contributed by atoms with Crippen LogP contribution in [-0.2, 0) is 10.4 Å². The van der Waals surface area contributed by atoms with Crippen LogP contribution in [0.5, 0.6) is 11.5 Å². The number of nitrogens with one attached hydrogen (secondary N) is 2. The first-order valence-electron chi connectivity index (χ1n) is 10.5. The number of carbonyl (C=O) groups excluding carboxylic acids is 1. The molecule has 0 bridgehead atoms. The molecule has 1 amide bonds. The minimum absolute atomic E-state index is 0.434. The molecule has 0 spiro atoms. The SMILES string of the molecule is COc1ccc(-c2[nH]ncc2C=NNC(=O)C(O)(c2ccccc2)c2ccccc2)cc1OC. The Morgan fingerprint density at radius 3 is 2.18 bits per heavy atom. The second-order valence-electron chi connectivity index (χ2n) is 7.41. The number of amides is 1. The van der Waals surface area contributed by atoms with E-state index >= 15 is 0 Å². The highest BCUT2D eigenvalue weighted by Crippen LogP contribution is 2.33. The first-order chi connectivity index (χ1) is 16.6. The molecule has 0 radical (unpaired) electrons. The van der Waals surface area contributed by atoms with Crippen LogP contribution in [0, 0.1) is 0 Å². The van der Waals surface area contributed by atoms with Crippen LogP contribution >= 0.6 is 0 Å². The van der Waals surface area contributed by atoms with Gasteiger partial charge < -0.3 is 14.6 Å². The van der Waals surface area contributed by atoms with E-state index in [-0.39, 0.29) is 0 Å². The number of rotatable bonds is 8. The molecular formula is C26H24N4O4.